The number of cyclic esters (lactones) is 1. The van der Waals surface area contributed by atoms with E-state index in [-0.39, 0.29) is 27.9 Å². The van der Waals surface area contributed by atoms with Crippen molar-refractivity contribution < 1.29 is 19.2 Å². The molecular formula is C17H11ClN2O5. The number of aliphatic imine (C=N–C) groups is 1. The van der Waals surface area contributed by atoms with Crippen LogP contribution in [0.5, 0.6) is 5.75 Å². The first kappa shape index (κ1) is 16.7. The Kier molecular flexibility index (Phi) is 4.49. The molecule has 1 heterocycles. The van der Waals surface area contributed by atoms with E-state index >= 15 is 0 Å². The van der Waals surface area contributed by atoms with Gasteiger partial charge in [-0.2, -0.15) is 0 Å². The van der Waals surface area contributed by atoms with E-state index in [9.17, 15) is 14.9 Å². The highest BCUT2D eigenvalue weighted by molar-refractivity contribution is 6.34. The Morgan fingerprint density at radius 3 is 2.80 bits per heavy atom. The monoisotopic (exact) mass is 358 g/mol. The molecule has 0 bridgehead atoms. The molecular weight excluding hydrogens is 348 g/mol. The third-order valence-corrected chi connectivity index (χ3v) is 3.74. The molecule has 1 aliphatic heterocycles. The maximum atomic E-state index is 12.0. The van der Waals surface area contributed by atoms with Gasteiger partial charge in [-0.3, -0.25) is 10.1 Å². The first-order valence-corrected chi connectivity index (χ1v) is 7.46. The van der Waals surface area contributed by atoms with Gasteiger partial charge in [0.2, 0.25) is 5.90 Å². The number of carbonyl (C=O) groups is 1. The molecule has 7 nitrogen and oxygen atoms in total. The average molecular weight is 359 g/mol. The van der Waals surface area contributed by atoms with Gasteiger partial charge in [0.05, 0.1) is 22.6 Å². The van der Waals surface area contributed by atoms with Gasteiger partial charge >= 0.3 is 5.97 Å². The van der Waals surface area contributed by atoms with E-state index in [0.717, 1.165) is 0 Å². The van der Waals surface area contributed by atoms with Gasteiger partial charge in [-0.15, -0.1) is 0 Å². The van der Waals surface area contributed by atoms with Crippen LogP contribution in [-0.4, -0.2) is 23.9 Å². The first-order valence-electron chi connectivity index (χ1n) is 7.09. The van der Waals surface area contributed by atoms with Gasteiger partial charge in [-0.25, -0.2) is 9.79 Å². The van der Waals surface area contributed by atoms with Crippen LogP contribution in [0.3, 0.4) is 0 Å². The zero-order chi connectivity index (χ0) is 18.0. The molecule has 0 aliphatic carbocycles. The molecule has 25 heavy (non-hydrogen) atoms. The van der Waals surface area contributed by atoms with E-state index in [2.05, 4.69) is 4.99 Å². The van der Waals surface area contributed by atoms with Crippen LogP contribution < -0.4 is 4.74 Å². The van der Waals surface area contributed by atoms with Gasteiger partial charge < -0.3 is 9.47 Å². The maximum absolute atomic E-state index is 12.0. The molecule has 0 amide bonds. The maximum Gasteiger partial charge on any atom is 0.363 e. The van der Waals surface area contributed by atoms with E-state index in [4.69, 9.17) is 21.1 Å². The highest BCUT2D eigenvalue weighted by atomic mass is 35.5. The van der Waals surface area contributed by atoms with Crippen LogP contribution in [0.1, 0.15) is 11.1 Å². The molecule has 1 aliphatic rings. The van der Waals surface area contributed by atoms with Crippen molar-refractivity contribution >= 4 is 35.2 Å². The van der Waals surface area contributed by atoms with E-state index < -0.39 is 10.9 Å². The van der Waals surface area contributed by atoms with Crippen LogP contribution in [-0.2, 0) is 9.53 Å². The number of carbonyl (C=O) groups excluding carboxylic acids is 1. The summed E-state index contributed by atoms with van der Waals surface area (Å²) in [5.41, 5.74) is 0.758. The van der Waals surface area contributed by atoms with Crippen LogP contribution in [0.2, 0.25) is 5.02 Å². The lowest BCUT2D eigenvalue weighted by Crippen LogP contribution is -2.06. The molecule has 2 aromatic rings. The van der Waals surface area contributed by atoms with Crippen LogP contribution in [0.15, 0.2) is 53.2 Å². The van der Waals surface area contributed by atoms with Crippen molar-refractivity contribution in [1.82, 2.24) is 0 Å². The fourth-order valence-corrected chi connectivity index (χ4v) is 2.40. The summed E-state index contributed by atoms with van der Waals surface area (Å²) in [4.78, 5) is 26.5. The van der Waals surface area contributed by atoms with Crippen molar-refractivity contribution in [2.75, 3.05) is 7.11 Å². The number of rotatable bonds is 4. The summed E-state index contributed by atoms with van der Waals surface area (Å²) in [6, 6.07) is 10.9. The first-order chi connectivity index (χ1) is 12.0. The summed E-state index contributed by atoms with van der Waals surface area (Å²) in [5, 5.41) is 11.1. The fraction of sp³-hybridized carbons (Fsp3) is 0.0588. The minimum atomic E-state index is -0.666. The molecule has 0 atom stereocenters. The zero-order valence-corrected chi connectivity index (χ0v) is 13.7. The Bertz CT molecular complexity index is 936. The van der Waals surface area contributed by atoms with Gasteiger partial charge in [-0.1, -0.05) is 23.7 Å². The Labute approximate surface area is 147 Å². The molecule has 2 aromatic carbocycles. The van der Waals surface area contributed by atoms with Crippen molar-refractivity contribution in [3.05, 3.63) is 74.4 Å². The molecule has 0 aromatic heterocycles. The van der Waals surface area contributed by atoms with Crippen molar-refractivity contribution in [3.63, 3.8) is 0 Å². The predicted octanol–water partition coefficient (Wildman–Crippen LogP) is 3.60. The van der Waals surface area contributed by atoms with Gasteiger partial charge in [0, 0.05) is 12.1 Å². The number of ether oxygens (including phenoxy) is 2. The van der Waals surface area contributed by atoms with E-state index in [1.54, 1.807) is 24.3 Å². The Morgan fingerprint density at radius 2 is 2.08 bits per heavy atom. The van der Waals surface area contributed by atoms with Crippen LogP contribution in [0.25, 0.3) is 6.08 Å². The summed E-state index contributed by atoms with van der Waals surface area (Å²) in [6.45, 7) is 0. The normalized spacial score (nSPS) is 15.0. The van der Waals surface area contributed by atoms with E-state index in [0.29, 0.717) is 11.3 Å². The number of methoxy groups -OCH3 is 1. The SMILES string of the molecule is COc1cccc(/C=C2/N=C(c3cc([N+](=O)[O-])ccc3Cl)OC2=O)c1. The van der Waals surface area contributed by atoms with Gasteiger partial charge in [0.15, 0.2) is 5.70 Å². The van der Waals surface area contributed by atoms with Gasteiger partial charge in [-0.05, 0) is 29.8 Å². The number of hydrogen-bond acceptors (Lipinski definition) is 6. The van der Waals surface area contributed by atoms with Crippen molar-refractivity contribution in [2.24, 2.45) is 4.99 Å². The molecule has 3 rings (SSSR count). The van der Waals surface area contributed by atoms with Crippen molar-refractivity contribution in [2.45, 2.75) is 0 Å². The van der Waals surface area contributed by atoms with Gasteiger partial charge in [0.25, 0.3) is 5.69 Å². The number of halogens is 1. The average Bonchev–Trinajstić information content (AvgIpc) is 2.95. The second-order valence-electron chi connectivity index (χ2n) is 5.03. The van der Waals surface area contributed by atoms with Crippen LogP contribution >= 0.6 is 11.6 Å². The van der Waals surface area contributed by atoms with E-state index in [1.807, 2.05) is 0 Å². The molecule has 0 fully saturated rings. The lowest BCUT2D eigenvalue weighted by atomic mass is 10.2. The number of hydrogen-bond donors (Lipinski definition) is 0. The number of non-ortho nitro benzene ring substituents is 1. The minimum Gasteiger partial charge on any atom is -0.497 e. The molecule has 0 saturated carbocycles. The third-order valence-electron chi connectivity index (χ3n) is 3.41. The second kappa shape index (κ2) is 6.74. The van der Waals surface area contributed by atoms with E-state index in [1.165, 1.54) is 31.4 Å². The summed E-state index contributed by atoms with van der Waals surface area (Å²) in [5.74, 6) is -0.111. The third kappa shape index (κ3) is 3.51. The second-order valence-corrected chi connectivity index (χ2v) is 5.44. The Balaban J connectivity index is 1.99. The smallest absolute Gasteiger partial charge is 0.363 e. The number of esters is 1. The fourth-order valence-electron chi connectivity index (χ4n) is 2.20. The molecule has 0 saturated heterocycles. The van der Waals surface area contributed by atoms with Crippen molar-refractivity contribution in [3.8, 4) is 5.75 Å². The van der Waals surface area contributed by atoms with Crippen LogP contribution in [0.4, 0.5) is 5.69 Å². The number of nitrogens with zero attached hydrogens (tertiary/aromatic N) is 2. The zero-order valence-electron chi connectivity index (χ0n) is 12.9. The van der Waals surface area contributed by atoms with Crippen molar-refractivity contribution in [1.29, 1.82) is 0 Å². The lowest BCUT2D eigenvalue weighted by Gasteiger charge is -2.02. The number of benzene rings is 2. The molecule has 0 N–H and O–H groups in total. The van der Waals surface area contributed by atoms with Crippen LogP contribution in [0, 0.1) is 10.1 Å². The lowest BCUT2D eigenvalue weighted by molar-refractivity contribution is -0.384. The summed E-state index contributed by atoms with van der Waals surface area (Å²) in [6.07, 6.45) is 1.53. The molecule has 0 spiro atoms. The predicted molar refractivity (Wildman–Crippen MR) is 91.7 cm³/mol. The minimum absolute atomic E-state index is 0.0609. The number of nitro groups is 1. The molecule has 126 valence electrons. The molecule has 8 heteroatoms. The Hall–Kier alpha value is -3.19. The summed E-state index contributed by atoms with van der Waals surface area (Å²) >= 11 is 6.05. The molecule has 0 radical (unpaired) electrons. The summed E-state index contributed by atoms with van der Waals surface area (Å²) in [7, 11) is 1.54. The molecule has 0 unspecified atom stereocenters. The topological polar surface area (TPSA) is 91.0 Å². The largest absolute Gasteiger partial charge is 0.497 e. The Morgan fingerprint density at radius 1 is 1.28 bits per heavy atom. The van der Waals surface area contributed by atoms with Gasteiger partial charge in [0.1, 0.15) is 5.75 Å². The highest BCUT2D eigenvalue weighted by Gasteiger charge is 2.27. The quantitative estimate of drug-likeness (QED) is 0.360. The number of nitro benzene ring substituents is 1. The summed E-state index contributed by atoms with van der Waals surface area (Å²) < 4.78 is 10.2. The standard InChI is InChI=1S/C17H11ClN2O5/c1-24-12-4-2-3-10(7-12)8-15-17(21)25-16(19-15)13-9-11(20(22)23)5-6-14(13)18/h2-9H,1H3/b15-8+. The highest BCUT2D eigenvalue weighted by Crippen LogP contribution is 2.27.